The van der Waals surface area contributed by atoms with Crippen LogP contribution in [0.15, 0.2) is 12.7 Å². The lowest BCUT2D eigenvalue weighted by Gasteiger charge is -2.48. The monoisotopic (exact) mass is 180 g/mol. The van der Waals surface area contributed by atoms with Crippen molar-refractivity contribution < 1.29 is 4.65 Å². The van der Waals surface area contributed by atoms with Crippen LogP contribution in [0.2, 0.25) is 12.6 Å². The van der Waals surface area contributed by atoms with Crippen molar-refractivity contribution in [3.8, 4) is 0 Å². The van der Waals surface area contributed by atoms with E-state index in [9.17, 15) is 0 Å². The Morgan fingerprint density at radius 2 is 2.00 bits per heavy atom. The second-order valence-corrected chi connectivity index (χ2v) is 5.20. The molecule has 0 atom stereocenters. The second-order valence-electron chi connectivity index (χ2n) is 5.20. The van der Waals surface area contributed by atoms with Crippen LogP contribution in [-0.2, 0) is 4.65 Å². The molecule has 0 aromatic rings. The van der Waals surface area contributed by atoms with E-state index >= 15 is 0 Å². The number of rotatable bonds is 2. The lowest BCUT2D eigenvalue weighted by molar-refractivity contribution is -0.0333. The minimum absolute atomic E-state index is 0.00106. The molecule has 1 heterocycles. The Morgan fingerprint density at radius 3 is 2.46 bits per heavy atom. The van der Waals surface area contributed by atoms with Crippen molar-refractivity contribution in [1.82, 2.24) is 0 Å². The highest BCUT2D eigenvalue weighted by atomic mass is 16.5. The molecule has 0 bridgehead atoms. The highest BCUT2D eigenvalue weighted by molar-refractivity contribution is 6.52. The Bertz CT molecular complexity index is 196. The lowest BCUT2D eigenvalue weighted by atomic mass is 9.52. The Hall–Kier alpha value is -0.235. The number of hydrogen-bond acceptors (Lipinski definition) is 1. The van der Waals surface area contributed by atoms with Crippen molar-refractivity contribution in [2.75, 3.05) is 0 Å². The summed E-state index contributed by atoms with van der Waals surface area (Å²) in [7, 11) is 0. The summed E-state index contributed by atoms with van der Waals surface area (Å²) in [6, 6.07) is 0. The van der Waals surface area contributed by atoms with Gasteiger partial charge >= 0.3 is 0 Å². The van der Waals surface area contributed by atoms with Gasteiger partial charge in [0.15, 0.2) is 0 Å². The quantitative estimate of drug-likeness (QED) is 0.467. The maximum Gasteiger partial charge on any atom is 0.297 e. The molecule has 0 aromatic heterocycles. The minimum atomic E-state index is -0.00106. The van der Waals surface area contributed by atoms with Crippen molar-refractivity contribution in [3.63, 3.8) is 0 Å². The maximum absolute atomic E-state index is 6.06. The van der Waals surface area contributed by atoms with Crippen LogP contribution in [0.5, 0.6) is 0 Å². The van der Waals surface area contributed by atoms with Gasteiger partial charge in [0, 0.05) is 0 Å². The third-order valence-corrected chi connectivity index (χ3v) is 3.61. The molecule has 2 heteroatoms. The van der Waals surface area contributed by atoms with Gasteiger partial charge in [-0.3, -0.25) is 0 Å². The lowest BCUT2D eigenvalue weighted by Crippen LogP contribution is -2.49. The van der Waals surface area contributed by atoms with E-state index in [2.05, 4.69) is 34.3 Å². The van der Waals surface area contributed by atoms with Gasteiger partial charge in [-0.1, -0.05) is 19.9 Å². The fourth-order valence-corrected chi connectivity index (χ4v) is 1.81. The van der Waals surface area contributed by atoms with E-state index in [0.29, 0.717) is 12.3 Å². The molecule has 1 fully saturated rings. The highest BCUT2D eigenvalue weighted by Gasteiger charge is 2.44. The summed E-state index contributed by atoms with van der Waals surface area (Å²) in [5, 5.41) is 0. The molecule has 0 aliphatic carbocycles. The zero-order valence-corrected chi connectivity index (χ0v) is 9.39. The van der Waals surface area contributed by atoms with Crippen LogP contribution in [0.25, 0.3) is 0 Å². The molecule has 74 valence electrons. The summed E-state index contributed by atoms with van der Waals surface area (Å²) in [6.45, 7) is 13.1. The smallest absolute Gasteiger partial charge is 0.297 e. The van der Waals surface area contributed by atoms with Crippen LogP contribution in [0.1, 0.15) is 34.1 Å². The normalized spacial score (nSPS) is 25.7. The SMILES string of the molecule is C=CCB1CCC(C)(C)C(C)(C)O1. The first-order valence-corrected chi connectivity index (χ1v) is 5.18. The van der Waals surface area contributed by atoms with Gasteiger partial charge < -0.3 is 4.65 Å². The molecule has 0 aromatic carbocycles. The van der Waals surface area contributed by atoms with Crippen molar-refractivity contribution in [3.05, 3.63) is 12.7 Å². The molecule has 1 nitrogen and oxygen atoms in total. The molecule has 0 N–H and O–H groups in total. The fraction of sp³-hybridized carbons (Fsp3) is 0.818. The van der Waals surface area contributed by atoms with Crippen LogP contribution in [-0.4, -0.2) is 12.5 Å². The first kappa shape index (κ1) is 10.8. The highest BCUT2D eigenvalue weighted by Crippen LogP contribution is 2.43. The Kier molecular flexibility index (Phi) is 2.91. The molecular formula is C11H21BO. The largest absolute Gasteiger partial charge is 0.430 e. The van der Waals surface area contributed by atoms with Crippen molar-refractivity contribution >= 4 is 6.92 Å². The number of hydrogen-bond donors (Lipinski definition) is 0. The second kappa shape index (κ2) is 3.49. The molecule has 1 saturated heterocycles. The van der Waals surface area contributed by atoms with Crippen LogP contribution >= 0.6 is 0 Å². The molecule has 1 aliphatic heterocycles. The minimum Gasteiger partial charge on any atom is -0.430 e. The van der Waals surface area contributed by atoms with Crippen LogP contribution in [0, 0.1) is 5.41 Å². The average Bonchev–Trinajstić information content (AvgIpc) is 1.98. The molecular weight excluding hydrogens is 159 g/mol. The first-order valence-electron chi connectivity index (χ1n) is 5.18. The molecule has 0 saturated carbocycles. The molecule has 0 amide bonds. The van der Waals surface area contributed by atoms with Gasteiger partial charge in [0.1, 0.15) is 0 Å². The summed E-state index contributed by atoms with van der Waals surface area (Å²) in [6.07, 6.45) is 5.36. The fourth-order valence-electron chi connectivity index (χ4n) is 1.81. The zero-order valence-electron chi connectivity index (χ0n) is 9.39. The van der Waals surface area contributed by atoms with Gasteiger partial charge in [0.2, 0.25) is 0 Å². The van der Waals surface area contributed by atoms with Gasteiger partial charge in [-0.2, -0.15) is 0 Å². The van der Waals surface area contributed by atoms with E-state index in [1.807, 2.05) is 6.08 Å². The van der Waals surface area contributed by atoms with Crippen LogP contribution in [0.3, 0.4) is 0 Å². The molecule has 1 rings (SSSR count). The summed E-state index contributed by atoms with van der Waals surface area (Å²) in [5.74, 6) is 0. The summed E-state index contributed by atoms with van der Waals surface area (Å²) in [5.41, 5.74) is 0.295. The van der Waals surface area contributed by atoms with Crippen LogP contribution in [0.4, 0.5) is 0 Å². The van der Waals surface area contributed by atoms with Crippen molar-refractivity contribution in [2.45, 2.75) is 52.4 Å². The molecule has 13 heavy (non-hydrogen) atoms. The first-order chi connectivity index (χ1) is 5.89. The summed E-state index contributed by atoms with van der Waals surface area (Å²) >= 11 is 0. The Morgan fingerprint density at radius 1 is 1.38 bits per heavy atom. The van der Waals surface area contributed by atoms with Gasteiger partial charge in [-0.05, 0) is 38.3 Å². The predicted molar refractivity (Wildman–Crippen MR) is 59.1 cm³/mol. The average molecular weight is 180 g/mol. The van der Waals surface area contributed by atoms with Gasteiger partial charge in [-0.25, -0.2) is 0 Å². The van der Waals surface area contributed by atoms with E-state index in [0.717, 1.165) is 6.32 Å². The van der Waals surface area contributed by atoms with E-state index < -0.39 is 0 Å². The third kappa shape index (κ3) is 2.16. The molecule has 0 spiro atoms. The number of allylic oxidation sites excluding steroid dienone is 1. The van der Waals surface area contributed by atoms with E-state index in [1.165, 1.54) is 12.7 Å². The topological polar surface area (TPSA) is 9.23 Å². The van der Waals surface area contributed by atoms with Crippen LogP contribution < -0.4 is 0 Å². The third-order valence-electron chi connectivity index (χ3n) is 3.61. The van der Waals surface area contributed by atoms with Crippen molar-refractivity contribution in [2.24, 2.45) is 5.41 Å². The Balaban J connectivity index is 2.64. The van der Waals surface area contributed by atoms with Crippen molar-refractivity contribution in [1.29, 1.82) is 0 Å². The summed E-state index contributed by atoms with van der Waals surface area (Å²) in [4.78, 5) is 0. The molecule has 0 unspecified atom stereocenters. The molecule has 1 aliphatic rings. The van der Waals surface area contributed by atoms with E-state index in [-0.39, 0.29) is 5.60 Å². The van der Waals surface area contributed by atoms with Gasteiger partial charge in [-0.15, -0.1) is 6.58 Å². The Labute approximate surface area is 82.7 Å². The van der Waals surface area contributed by atoms with E-state index in [4.69, 9.17) is 4.65 Å². The zero-order chi connectivity index (χ0) is 10.1. The van der Waals surface area contributed by atoms with Gasteiger partial charge in [0.05, 0.1) is 5.60 Å². The standard InChI is InChI=1S/C11H21BO/c1-6-8-12-9-7-10(2,3)11(4,5)13-12/h6H,1,7-9H2,2-5H3. The molecule has 0 radical (unpaired) electrons. The summed E-state index contributed by atoms with van der Waals surface area (Å²) < 4.78 is 6.06. The predicted octanol–water partition coefficient (Wildman–Crippen LogP) is 3.39. The van der Waals surface area contributed by atoms with E-state index in [1.54, 1.807) is 0 Å². The van der Waals surface area contributed by atoms with Gasteiger partial charge in [0.25, 0.3) is 6.92 Å². The maximum atomic E-state index is 6.06.